The monoisotopic (exact) mass is 314 g/mol. The Balaban J connectivity index is 1.44. The Morgan fingerprint density at radius 1 is 1.18 bits per heavy atom. The molecule has 0 aliphatic carbocycles. The molecule has 0 spiro atoms. The molecular weight excluding hydrogens is 296 g/mol. The number of fused-ring (bicyclic) bond motifs is 1. The highest BCUT2D eigenvalue weighted by molar-refractivity contribution is 7.13. The van der Waals surface area contributed by atoms with E-state index in [2.05, 4.69) is 43.6 Å². The van der Waals surface area contributed by atoms with Gasteiger partial charge < -0.3 is 9.42 Å². The molecule has 1 aliphatic rings. The lowest BCUT2D eigenvalue weighted by atomic mass is 10.2. The van der Waals surface area contributed by atoms with Crippen LogP contribution in [0.4, 0.5) is 5.82 Å². The van der Waals surface area contributed by atoms with E-state index in [-0.39, 0.29) is 0 Å². The van der Waals surface area contributed by atoms with E-state index in [9.17, 15) is 0 Å². The second-order valence-electron chi connectivity index (χ2n) is 5.67. The van der Waals surface area contributed by atoms with Crippen LogP contribution < -0.4 is 4.90 Å². The number of rotatable bonds is 3. The Bertz CT molecular complexity index is 773. The lowest BCUT2D eigenvalue weighted by Crippen LogP contribution is -2.46. The Morgan fingerprint density at radius 3 is 2.77 bits per heavy atom. The second kappa shape index (κ2) is 5.70. The molecule has 1 aromatic carbocycles. The average Bonchev–Trinajstić information content (AvgIpc) is 3.15. The van der Waals surface area contributed by atoms with Crippen LogP contribution in [0.5, 0.6) is 0 Å². The fourth-order valence-corrected chi connectivity index (χ4v) is 3.73. The molecule has 0 N–H and O–H groups in total. The summed E-state index contributed by atoms with van der Waals surface area (Å²) in [4.78, 5) is 4.85. The van der Waals surface area contributed by atoms with Crippen molar-refractivity contribution in [3.05, 3.63) is 41.8 Å². The van der Waals surface area contributed by atoms with E-state index in [1.807, 2.05) is 13.1 Å². The van der Waals surface area contributed by atoms with Gasteiger partial charge in [-0.3, -0.25) is 4.90 Å². The van der Waals surface area contributed by atoms with E-state index in [1.165, 1.54) is 15.6 Å². The highest BCUT2D eigenvalue weighted by atomic mass is 32.1. The van der Waals surface area contributed by atoms with Gasteiger partial charge in [0.05, 0.1) is 10.9 Å². The lowest BCUT2D eigenvalue weighted by Gasteiger charge is -2.34. The van der Waals surface area contributed by atoms with Gasteiger partial charge in [0.15, 0.2) is 0 Å². The molecule has 1 fully saturated rings. The zero-order valence-electron chi connectivity index (χ0n) is 12.5. The van der Waals surface area contributed by atoms with Gasteiger partial charge >= 0.3 is 0 Å². The Hall–Kier alpha value is -1.92. The molecule has 1 saturated heterocycles. The molecule has 4 rings (SSSR count). The van der Waals surface area contributed by atoms with Crippen LogP contribution in [0.15, 0.2) is 35.0 Å². The van der Waals surface area contributed by atoms with Crippen molar-refractivity contribution < 1.29 is 4.52 Å². The van der Waals surface area contributed by atoms with Crippen LogP contribution in [0.1, 0.15) is 11.3 Å². The van der Waals surface area contributed by atoms with Gasteiger partial charge in [-0.1, -0.05) is 17.3 Å². The molecule has 0 atom stereocenters. The number of aromatic nitrogens is 2. The molecule has 6 heteroatoms. The molecule has 1 aliphatic heterocycles. The first-order valence-corrected chi connectivity index (χ1v) is 8.30. The van der Waals surface area contributed by atoms with Gasteiger partial charge in [0, 0.05) is 43.7 Å². The minimum Gasteiger partial charge on any atom is -0.361 e. The maximum absolute atomic E-state index is 5.14. The molecule has 0 bridgehead atoms. The van der Waals surface area contributed by atoms with Crippen LogP contribution in [-0.2, 0) is 6.54 Å². The summed E-state index contributed by atoms with van der Waals surface area (Å²) in [5, 5.41) is 5.13. The van der Waals surface area contributed by atoms with Crippen molar-refractivity contribution >= 4 is 27.4 Å². The van der Waals surface area contributed by atoms with E-state index < -0.39 is 0 Å². The first-order valence-electron chi connectivity index (χ1n) is 7.53. The third-order valence-corrected chi connectivity index (χ3v) is 5.09. The van der Waals surface area contributed by atoms with Crippen molar-refractivity contribution in [2.24, 2.45) is 0 Å². The Labute approximate surface area is 133 Å². The van der Waals surface area contributed by atoms with Gasteiger partial charge in [0.25, 0.3) is 0 Å². The normalized spacial score (nSPS) is 16.5. The summed E-state index contributed by atoms with van der Waals surface area (Å²) in [6.07, 6.45) is 1.83. The van der Waals surface area contributed by atoms with E-state index >= 15 is 0 Å². The Morgan fingerprint density at radius 2 is 2.00 bits per heavy atom. The zero-order chi connectivity index (χ0) is 14.9. The van der Waals surface area contributed by atoms with E-state index in [0.29, 0.717) is 0 Å². The number of aryl methyl sites for hydroxylation is 1. The summed E-state index contributed by atoms with van der Waals surface area (Å²) >= 11 is 1.59. The summed E-state index contributed by atoms with van der Waals surface area (Å²) in [7, 11) is 0. The minimum absolute atomic E-state index is 0.918. The van der Waals surface area contributed by atoms with Gasteiger partial charge in [0.1, 0.15) is 11.6 Å². The predicted molar refractivity (Wildman–Crippen MR) is 88.4 cm³/mol. The number of nitrogens with zero attached hydrogens (tertiary/aromatic N) is 4. The average molecular weight is 314 g/mol. The number of anilines is 1. The third kappa shape index (κ3) is 2.48. The first kappa shape index (κ1) is 13.7. The fraction of sp³-hybridized carbons (Fsp3) is 0.375. The summed E-state index contributed by atoms with van der Waals surface area (Å²) in [6.45, 7) is 6.99. The second-order valence-corrected chi connectivity index (χ2v) is 6.48. The number of benzene rings is 1. The molecule has 5 nitrogen and oxygen atoms in total. The molecule has 3 heterocycles. The number of hydrogen-bond acceptors (Lipinski definition) is 6. The van der Waals surface area contributed by atoms with Gasteiger partial charge in [-0.15, -0.1) is 0 Å². The molecule has 3 aromatic rings. The Kier molecular flexibility index (Phi) is 3.56. The predicted octanol–water partition coefficient (Wildman–Crippen LogP) is 2.91. The zero-order valence-corrected chi connectivity index (χ0v) is 13.3. The van der Waals surface area contributed by atoms with Gasteiger partial charge in [-0.05, 0) is 30.6 Å². The van der Waals surface area contributed by atoms with E-state index in [0.717, 1.165) is 44.3 Å². The van der Waals surface area contributed by atoms with Crippen molar-refractivity contribution in [1.82, 2.24) is 14.4 Å². The van der Waals surface area contributed by atoms with Crippen molar-refractivity contribution in [3.63, 3.8) is 0 Å². The molecule has 22 heavy (non-hydrogen) atoms. The van der Waals surface area contributed by atoms with Crippen LogP contribution in [0.3, 0.4) is 0 Å². The molecule has 2 aromatic heterocycles. The van der Waals surface area contributed by atoms with Crippen LogP contribution in [0.2, 0.25) is 0 Å². The quantitative estimate of drug-likeness (QED) is 0.744. The molecule has 0 saturated carbocycles. The van der Waals surface area contributed by atoms with Gasteiger partial charge in [0.2, 0.25) is 0 Å². The highest BCUT2D eigenvalue weighted by Crippen LogP contribution is 2.29. The van der Waals surface area contributed by atoms with E-state index in [1.54, 1.807) is 11.5 Å². The van der Waals surface area contributed by atoms with Crippen LogP contribution in [0, 0.1) is 6.92 Å². The molecule has 0 amide bonds. The summed E-state index contributed by atoms with van der Waals surface area (Å²) in [5.41, 5.74) is 1.19. The van der Waals surface area contributed by atoms with Gasteiger partial charge in [-0.25, -0.2) is 0 Å². The SMILES string of the molecule is Cc1oncc1CN1CCN(c2nsc3ccccc23)CC1. The van der Waals surface area contributed by atoms with Crippen molar-refractivity contribution in [2.75, 3.05) is 31.1 Å². The smallest absolute Gasteiger partial charge is 0.150 e. The summed E-state index contributed by atoms with van der Waals surface area (Å²) in [5.74, 6) is 2.06. The van der Waals surface area contributed by atoms with E-state index in [4.69, 9.17) is 4.52 Å². The molecule has 0 radical (unpaired) electrons. The molecular formula is C16H18N4OS. The standard InChI is InChI=1S/C16H18N4OS/c1-12-13(10-17-21-12)11-19-6-8-20(9-7-19)16-14-4-2-3-5-15(14)22-18-16/h2-5,10H,6-9,11H2,1H3. The fourth-order valence-electron chi connectivity index (χ4n) is 2.93. The minimum atomic E-state index is 0.918. The largest absolute Gasteiger partial charge is 0.361 e. The summed E-state index contributed by atoms with van der Waals surface area (Å²) in [6, 6.07) is 8.47. The first-order chi connectivity index (χ1) is 10.8. The van der Waals surface area contributed by atoms with Crippen LogP contribution in [-0.4, -0.2) is 40.6 Å². The number of hydrogen-bond donors (Lipinski definition) is 0. The number of piperazine rings is 1. The van der Waals surface area contributed by atoms with Crippen LogP contribution in [0.25, 0.3) is 10.1 Å². The summed E-state index contributed by atoms with van der Waals surface area (Å²) < 4.78 is 11.1. The maximum atomic E-state index is 5.14. The maximum Gasteiger partial charge on any atom is 0.150 e. The molecule has 114 valence electrons. The van der Waals surface area contributed by atoms with Crippen molar-refractivity contribution in [3.8, 4) is 0 Å². The van der Waals surface area contributed by atoms with Gasteiger partial charge in [-0.2, -0.15) is 4.37 Å². The highest BCUT2D eigenvalue weighted by Gasteiger charge is 2.21. The molecule has 0 unspecified atom stereocenters. The van der Waals surface area contributed by atoms with Crippen molar-refractivity contribution in [1.29, 1.82) is 0 Å². The third-order valence-electron chi connectivity index (χ3n) is 4.27. The van der Waals surface area contributed by atoms with Crippen LogP contribution >= 0.6 is 11.5 Å². The topological polar surface area (TPSA) is 45.4 Å². The lowest BCUT2D eigenvalue weighted by molar-refractivity contribution is 0.248. The van der Waals surface area contributed by atoms with Crippen molar-refractivity contribution in [2.45, 2.75) is 13.5 Å².